The Labute approximate surface area is 175 Å². The number of thioether (sulfide) groups is 1. The number of carbonyl (C=O) groups is 1. The third-order valence-electron chi connectivity index (χ3n) is 3.98. The lowest BCUT2D eigenvalue weighted by Crippen LogP contribution is -2.15. The zero-order chi connectivity index (χ0) is 19.4. The van der Waals surface area contributed by atoms with E-state index in [0.717, 1.165) is 32.0 Å². The second-order valence-corrected chi connectivity index (χ2v) is 8.08. The summed E-state index contributed by atoms with van der Waals surface area (Å²) in [6, 6.07) is 13.6. The number of aryl methyl sites for hydroxylation is 1. The van der Waals surface area contributed by atoms with Crippen molar-refractivity contribution >= 4 is 45.9 Å². The van der Waals surface area contributed by atoms with Gasteiger partial charge < -0.3 is 14.6 Å². The van der Waals surface area contributed by atoms with Gasteiger partial charge in [-0.2, -0.15) is 0 Å². The summed E-state index contributed by atoms with van der Waals surface area (Å²) in [5.41, 5.74) is 2.82. The van der Waals surface area contributed by atoms with Crippen molar-refractivity contribution < 1.29 is 9.53 Å². The molecule has 0 fully saturated rings. The minimum atomic E-state index is -0.0710. The first-order valence-corrected chi connectivity index (χ1v) is 10.3. The summed E-state index contributed by atoms with van der Waals surface area (Å²) in [5.74, 6) is 1.73. The van der Waals surface area contributed by atoms with Crippen LogP contribution in [0.5, 0.6) is 5.75 Å². The molecule has 0 unspecified atom stereocenters. The Kier molecular flexibility index (Phi) is 6.38. The minimum absolute atomic E-state index is 0.0710. The number of methoxy groups -OCH3 is 1. The van der Waals surface area contributed by atoms with Crippen LogP contribution in [-0.2, 0) is 11.8 Å². The smallest absolute Gasteiger partial charge is 0.234 e. The second kappa shape index (κ2) is 8.75. The van der Waals surface area contributed by atoms with Crippen molar-refractivity contribution in [3.8, 4) is 17.1 Å². The fourth-order valence-corrected chi connectivity index (χ4v) is 3.87. The number of ether oxygens (including phenoxy) is 1. The van der Waals surface area contributed by atoms with Crippen molar-refractivity contribution in [1.82, 2.24) is 14.8 Å². The molecule has 1 amide bonds. The molecule has 0 aliphatic carbocycles. The molecule has 0 aliphatic rings. The summed E-state index contributed by atoms with van der Waals surface area (Å²) >= 11 is 3.61. The summed E-state index contributed by atoms with van der Waals surface area (Å²) in [6.07, 6.45) is 0. The van der Waals surface area contributed by atoms with E-state index >= 15 is 0 Å². The number of amides is 1. The van der Waals surface area contributed by atoms with E-state index in [2.05, 4.69) is 38.1 Å². The topological polar surface area (TPSA) is 69.0 Å². The molecule has 2 aromatic carbocycles. The number of nitrogens with one attached hydrogen (secondary N) is 1. The third-order valence-corrected chi connectivity index (χ3v) is 5.67. The highest BCUT2D eigenvalue weighted by molar-refractivity contribution is 14.1. The number of hydrogen-bond donors (Lipinski definition) is 1. The van der Waals surface area contributed by atoms with Crippen LogP contribution in [0.2, 0.25) is 0 Å². The third kappa shape index (κ3) is 4.81. The number of nitrogens with zero attached hydrogens (tertiary/aromatic N) is 3. The van der Waals surface area contributed by atoms with Gasteiger partial charge in [0.25, 0.3) is 0 Å². The number of carbonyl (C=O) groups excluding carboxylic acids is 1. The SMILES string of the molecule is COc1ccc(-c2nnc(SCC(=O)Nc3ccc(I)cc3C)n2C)cc1. The van der Waals surface area contributed by atoms with Crippen LogP contribution in [0.3, 0.4) is 0 Å². The van der Waals surface area contributed by atoms with E-state index in [1.165, 1.54) is 11.8 Å². The van der Waals surface area contributed by atoms with Crippen LogP contribution < -0.4 is 10.1 Å². The molecule has 1 aromatic heterocycles. The molecule has 8 heteroatoms. The minimum Gasteiger partial charge on any atom is -0.497 e. The summed E-state index contributed by atoms with van der Waals surface area (Å²) in [6.45, 7) is 1.98. The first kappa shape index (κ1) is 19.7. The maximum atomic E-state index is 12.3. The van der Waals surface area contributed by atoms with E-state index in [9.17, 15) is 4.79 Å². The van der Waals surface area contributed by atoms with Gasteiger partial charge >= 0.3 is 0 Å². The van der Waals surface area contributed by atoms with Gasteiger partial charge in [0.1, 0.15) is 5.75 Å². The molecule has 0 saturated heterocycles. The van der Waals surface area contributed by atoms with Gasteiger partial charge in [-0.05, 0) is 77.5 Å². The monoisotopic (exact) mass is 494 g/mol. The Morgan fingerprint density at radius 1 is 1.22 bits per heavy atom. The van der Waals surface area contributed by atoms with Crippen LogP contribution in [0.15, 0.2) is 47.6 Å². The molecule has 0 aliphatic heterocycles. The van der Waals surface area contributed by atoms with Crippen LogP contribution in [0.25, 0.3) is 11.4 Å². The Balaban J connectivity index is 1.64. The van der Waals surface area contributed by atoms with Gasteiger partial charge in [-0.25, -0.2) is 0 Å². The first-order chi connectivity index (χ1) is 13.0. The van der Waals surface area contributed by atoms with Crippen molar-refractivity contribution in [1.29, 1.82) is 0 Å². The molecule has 27 heavy (non-hydrogen) atoms. The van der Waals surface area contributed by atoms with Gasteiger partial charge in [-0.15, -0.1) is 10.2 Å². The quantitative estimate of drug-likeness (QED) is 0.412. The highest BCUT2D eigenvalue weighted by atomic mass is 127. The summed E-state index contributed by atoms with van der Waals surface area (Å²) in [7, 11) is 3.53. The molecule has 3 rings (SSSR count). The number of aromatic nitrogens is 3. The highest BCUT2D eigenvalue weighted by Crippen LogP contribution is 2.25. The Bertz CT molecular complexity index is 957. The zero-order valence-corrected chi connectivity index (χ0v) is 18.2. The van der Waals surface area contributed by atoms with Gasteiger partial charge in [-0.1, -0.05) is 11.8 Å². The molecule has 6 nitrogen and oxygen atoms in total. The molecular formula is C19H19IN4O2S. The number of halogens is 1. The maximum Gasteiger partial charge on any atom is 0.234 e. The van der Waals surface area contributed by atoms with Crippen molar-refractivity contribution in [3.63, 3.8) is 0 Å². The molecule has 0 atom stereocenters. The molecule has 0 bridgehead atoms. The molecule has 0 spiro atoms. The lowest BCUT2D eigenvalue weighted by atomic mass is 10.2. The molecular weight excluding hydrogens is 475 g/mol. The standard InChI is InChI=1S/C19H19IN4O2S/c1-12-10-14(20)6-9-16(12)21-17(25)11-27-19-23-22-18(24(19)2)13-4-7-15(26-3)8-5-13/h4-10H,11H2,1-3H3,(H,21,25). The van der Waals surface area contributed by atoms with E-state index in [-0.39, 0.29) is 11.7 Å². The van der Waals surface area contributed by atoms with E-state index in [1.54, 1.807) is 7.11 Å². The zero-order valence-electron chi connectivity index (χ0n) is 15.2. The van der Waals surface area contributed by atoms with Crippen molar-refractivity contribution in [2.45, 2.75) is 12.1 Å². The number of anilines is 1. The lowest BCUT2D eigenvalue weighted by Gasteiger charge is -2.08. The van der Waals surface area contributed by atoms with Gasteiger partial charge in [0, 0.05) is 21.9 Å². The van der Waals surface area contributed by atoms with Crippen molar-refractivity contribution in [2.24, 2.45) is 7.05 Å². The molecule has 0 saturated carbocycles. The molecule has 0 radical (unpaired) electrons. The van der Waals surface area contributed by atoms with E-state index in [1.807, 2.05) is 61.0 Å². The van der Waals surface area contributed by atoms with Gasteiger partial charge in [0.2, 0.25) is 5.91 Å². The van der Waals surface area contributed by atoms with Crippen LogP contribution in [0, 0.1) is 10.5 Å². The van der Waals surface area contributed by atoms with Crippen LogP contribution >= 0.6 is 34.4 Å². The summed E-state index contributed by atoms with van der Waals surface area (Å²) in [5, 5.41) is 12.1. The fraction of sp³-hybridized carbons (Fsp3) is 0.211. The van der Waals surface area contributed by atoms with Crippen molar-refractivity contribution in [3.05, 3.63) is 51.6 Å². The summed E-state index contributed by atoms with van der Waals surface area (Å²) in [4.78, 5) is 12.3. The largest absolute Gasteiger partial charge is 0.497 e. The van der Waals surface area contributed by atoms with Gasteiger partial charge in [0.15, 0.2) is 11.0 Å². The maximum absolute atomic E-state index is 12.3. The highest BCUT2D eigenvalue weighted by Gasteiger charge is 2.13. The average Bonchev–Trinajstić information content (AvgIpc) is 3.03. The summed E-state index contributed by atoms with van der Waals surface area (Å²) < 4.78 is 8.20. The van der Waals surface area contributed by atoms with Crippen LogP contribution in [-0.4, -0.2) is 33.5 Å². The second-order valence-electron chi connectivity index (χ2n) is 5.89. The fourth-order valence-electron chi connectivity index (χ4n) is 2.52. The van der Waals surface area contributed by atoms with E-state index < -0.39 is 0 Å². The Morgan fingerprint density at radius 2 is 1.96 bits per heavy atom. The predicted molar refractivity (Wildman–Crippen MR) is 116 cm³/mol. The predicted octanol–water partition coefficient (Wildman–Crippen LogP) is 4.13. The molecule has 140 valence electrons. The average molecular weight is 494 g/mol. The Morgan fingerprint density at radius 3 is 2.63 bits per heavy atom. The number of rotatable bonds is 6. The first-order valence-electron chi connectivity index (χ1n) is 8.20. The van der Waals surface area contributed by atoms with Gasteiger partial charge in [-0.3, -0.25) is 4.79 Å². The molecule has 1 N–H and O–H groups in total. The number of hydrogen-bond acceptors (Lipinski definition) is 5. The van der Waals surface area contributed by atoms with E-state index in [4.69, 9.17) is 4.74 Å². The van der Waals surface area contributed by atoms with Crippen LogP contribution in [0.4, 0.5) is 5.69 Å². The Hall–Kier alpha value is -2.07. The van der Waals surface area contributed by atoms with Gasteiger partial charge in [0.05, 0.1) is 12.9 Å². The molecule has 1 heterocycles. The van der Waals surface area contributed by atoms with Crippen molar-refractivity contribution in [2.75, 3.05) is 18.2 Å². The molecule has 3 aromatic rings. The van der Waals surface area contributed by atoms with Crippen LogP contribution in [0.1, 0.15) is 5.56 Å². The number of benzene rings is 2. The normalized spacial score (nSPS) is 10.7. The van der Waals surface area contributed by atoms with E-state index in [0.29, 0.717) is 5.16 Å². The lowest BCUT2D eigenvalue weighted by molar-refractivity contribution is -0.113.